The highest BCUT2D eigenvalue weighted by Crippen LogP contribution is 2.48. The molecule has 0 saturated carbocycles. The molecule has 2 aromatic carbocycles. The highest BCUT2D eigenvalue weighted by molar-refractivity contribution is 7.80. The molecule has 1 heterocycles. The predicted molar refractivity (Wildman–Crippen MR) is 93.4 cm³/mol. The first-order chi connectivity index (χ1) is 9.84. The van der Waals surface area contributed by atoms with Crippen LogP contribution >= 0.6 is 24.2 Å². The molecule has 1 atom stereocenters. The Bertz CT molecular complexity index is 708. The van der Waals surface area contributed by atoms with Gasteiger partial charge in [-0.3, -0.25) is 0 Å². The second-order valence-electron chi connectivity index (χ2n) is 6.66. The van der Waals surface area contributed by atoms with Crippen molar-refractivity contribution >= 4 is 40.7 Å². The Hall–Kier alpha value is -1.06. The predicted octanol–water partition coefficient (Wildman–Crippen LogP) is 4.78. The molecule has 0 amide bonds. The van der Waals surface area contributed by atoms with Gasteiger partial charge in [-0.05, 0) is 32.4 Å². The van der Waals surface area contributed by atoms with Crippen LogP contribution in [0, 0.1) is 0 Å². The monoisotopic (exact) mass is 321 g/mol. The molecule has 0 aliphatic carbocycles. The van der Waals surface area contributed by atoms with Crippen LogP contribution < -0.4 is 4.90 Å². The van der Waals surface area contributed by atoms with Crippen molar-refractivity contribution < 1.29 is 5.11 Å². The lowest BCUT2D eigenvalue weighted by atomic mass is 9.95. The summed E-state index contributed by atoms with van der Waals surface area (Å²) in [5.41, 5.74) is 2.29. The zero-order valence-corrected chi connectivity index (χ0v) is 14.2. The van der Waals surface area contributed by atoms with Crippen molar-refractivity contribution in [2.24, 2.45) is 0 Å². The molecule has 0 fully saturated rings. The van der Waals surface area contributed by atoms with Gasteiger partial charge in [-0.25, -0.2) is 0 Å². The molecule has 0 spiro atoms. The summed E-state index contributed by atoms with van der Waals surface area (Å²) in [4.78, 5) is 3.22. The van der Waals surface area contributed by atoms with Crippen molar-refractivity contribution in [1.29, 1.82) is 0 Å². The molecule has 2 nitrogen and oxygen atoms in total. The summed E-state index contributed by atoms with van der Waals surface area (Å²) in [5.74, 6) is 1.14. The Kier molecular flexibility index (Phi) is 3.53. The van der Waals surface area contributed by atoms with Crippen LogP contribution in [0.25, 0.3) is 10.8 Å². The van der Waals surface area contributed by atoms with E-state index in [1.54, 1.807) is 0 Å². The van der Waals surface area contributed by atoms with E-state index in [4.69, 9.17) is 11.6 Å². The van der Waals surface area contributed by atoms with Crippen molar-refractivity contribution in [2.45, 2.75) is 37.1 Å². The van der Waals surface area contributed by atoms with Gasteiger partial charge in [0.1, 0.15) is 5.75 Å². The molecule has 0 bridgehead atoms. The largest absolute Gasteiger partial charge is 0.507 e. The summed E-state index contributed by atoms with van der Waals surface area (Å²) < 4.78 is 0. The number of rotatable bonds is 1. The average Bonchev–Trinajstić information content (AvgIpc) is 2.77. The topological polar surface area (TPSA) is 23.5 Å². The van der Waals surface area contributed by atoms with Crippen molar-refractivity contribution in [3.05, 3.63) is 29.8 Å². The minimum atomic E-state index is -0.0127. The van der Waals surface area contributed by atoms with Crippen LogP contribution in [0.2, 0.25) is 0 Å². The van der Waals surface area contributed by atoms with Gasteiger partial charge in [0.25, 0.3) is 0 Å². The van der Waals surface area contributed by atoms with E-state index in [1.165, 1.54) is 5.56 Å². The number of hydrogen-bond donors (Lipinski definition) is 2. The Morgan fingerprint density at radius 3 is 2.71 bits per heavy atom. The Balaban J connectivity index is 2.37. The quantitative estimate of drug-likeness (QED) is 0.583. The maximum Gasteiger partial charge on any atom is 0.125 e. The molecule has 1 aliphatic rings. The number of alkyl halides is 1. The van der Waals surface area contributed by atoms with Gasteiger partial charge < -0.3 is 10.0 Å². The van der Waals surface area contributed by atoms with Gasteiger partial charge in [0.05, 0.1) is 0 Å². The average molecular weight is 322 g/mol. The van der Waals surface area contributed by atoms with Gasteiger partial charge >= 0.3 is 0 Å². The summed E-state index contributed by atoms with van der Waals surface area (Å²) in [6, 6.07) is 7.71. The molecule has 112 valence electrons. The first-order valence-electron chi connectivity index (χ1n) is 7.15. The number of phenolic OH excluding ortho intramolecular Hbond substituents is 1. The van der Waals surface area contributed by atoms with Crippen molar-refractivity contribution in [2.75, 3.05) is 17.3 Å². The van der Waals surface area contributed by atoms with E-state index < -0.39 is 0 Å². The number of anilines is 1. The molecule has 0 aromatic heterocycles. The van der Waals surface area contributed by atoms with Crippen LogP contribution in [0.15, 0.2) is 29.2 Å². The zero-order valence-electron chi connectivity index (χ0n) is 12.5. The first kappa shape index (κ1) is 14.9. The molecule has 0 radical (unpaired) electrons. The summed E-state index contributed by atoms with van der Waals surface area (Å²) >= 11 is 10.8. The van der Waals surface area contributed by atoms with Gasteiger partial charge in [-0.15, -0.1) is 24.2 Å². The fourth-order valence-corrected chi connectivity index (χ4v) is 3.84. The molecule has 1 aliphatic heterocycles. The fraction of sp³-hybridized carbons (Fsp3) is 0.412. The molecule has 1 N–H and O–H groups in total. The molecule has 2 aromatic rings. The minimum Gasteiger partial charge on any atom is -0.507 e. The zero-order chi connectivity index (χ0) is 15.4. The number of aromatic hydroxyl groups is 1. The van der Waals surface area contributed by atoms with Crippen LogP contribution in [0.1, 0.15) is 32.3 Å². The van der Waals surface area contributed by atoms with Crippen LogP contribution in [0.5, 0.6) is 5.75 Å². The van der Waals surface area contributed by atoms with Crippen LogP contribution in [0.4, 0.5) is 5.69 Å². The second-order valence-corrected chi connectivity index (χ2v) is 7.45. The van der Waals surface area contributed by atoms with Gasteiger partial charge in [-0.2, -0.15) is 0 Å². The van der Waals surface area contributed by atoms with E-state index >= 15 is 0 Å². The fourth-order valence-electron chi connectivity index (χ4n) is 3.26. The maximum absolute atomic E-state index is 10.4. The van der Waals surface area contributed by atoms with Gasteiger partial charge in [-0.1, -0.05) is 12.1 Å². The third kappa shape index (κ3) is 2.27. The SMILES string of the molecule is CC(C)(C)N1CC(CCl)c2c1cc(O)c1cccc(S)c21. The number of thiol groups is 1. The normalized spacial score (nSPS) is 18.3. The lowest BCUT2D eigenvalue weighted by Crippen LogP contribution is -2.40. The number of hydrogen-bond acceptors (Lipinski definition) is 3. The number of halogens is 1. The molecule has 3 rings (SSSR count). The van der Waals surface area contributed by atoms with Gasteiger partial charge in [0, 0.05) is 51.3 Å². The minimum absolute atomic E-state index is 0.0127. The molecular formula is C17H20ClNOS. The molecular weight excluding hydrogens is 302 g/mol. The van der Waals surface area contributed by atoms with Gasteiger partial charge in [0.15, 0.2) is 0 Å². The molecule has 1 unspecified atom stereocenters. The standard InChI is InChI=1S/C17H20ClNOS/c1-17(2,3)19-9-10(8-18)15-12(19)7-13(20)11-5-4-6-14(21)16(11)15/h4-7,10,20-21H,8-9H2,1-3H3. The van der Waals surface area contributed by atoms with E-state index in [0.29, 0.717) is 11.6 Å². The van der Waals surface area contributed by atoms with E-state index in [0.717, 1.165) is 27.9 Å². The lowest BCUT2D eigenvalue weighted by Gasteiger charge is -2.35. The van der Waals surface area contributed by atoms with E-state index in [1.807, 2.05) is 24.3 Å². The van der Waals surface area contributed by atoms with Crippen molar-refractivity contribution in [1.82, 2.24) is 0 Å². The number of nitrogens with zero attached hydrogens (tertiary/aromatic N) is 1. The highest BCUT2D eigenvalue weighted by atomic mass is 35.5. The number of fused-ring (bicyclic) bond motifs is 3. The third-order valence-corrected chi connectivity index (χ3v) is 4.98. The third-order valence-electron chi connectivity index (χ3n) is 4.24. The Morgan fingerprint density at radius 1 is 1.38 bits per heavy atom. The van der Waals surface area contributed by atoms with Crippen LogP contribution in [0.3, 0.4) is 0 Å². The molecule has 0 saturated heterocycles. The Morgan fingerprint density at radius 2 is 2.10 bits per heavy atom. The van der Waals surface area contributed by atoms with E-state index in [-0.39, 0.29) is 11.5 Å². The summed E-state index contributed by atoms with van der Waals surface area (Å²) in [7, 11) is 0. The maximum atomic E-state index is 10.4. The summed E-state index contributed by atoms with van der Waals surface area (Å²) in [6.07, 6.45) is 0. The van der Waals surface area contributed by atoms with E-state index in [2.05, 4.69) is 38.3 Å². The highest BCUT2D eigenvalue weighted by Gasteiger charge is 2.36. The molecule has 4 heteroatoms. The molecule has 21 heavy (non-hydrogen) atoms. The number of benzene rings is 2. The number of phenols is 1. The van der Waals surface area contributed by atoms with Crippen molar-refractivity contribution in [3.8, 4) is 5.75 Å². The first-order valence-corrected chi connectivity index (χ1v) is 8.14. The smallest absolute Gasteiger partial charge is 0.125 e. The van der Waals surface area contributed by atoms with Crippen LogP contribution in [-0.2, 0) is 0 Å². The second kappa shape index (κ2) is 4.99. The van der Waals surface area contributed by atoms with Gasteiger partial charge in [0.2, 0.25) is 0 Å². The van der Waals surface area contributed by atoms with Crippen LogP contribution in [-0.4, -0.2) is 23.1 Å². The van der Waals surface area contributed by atoms with E-state index in [9.17, 15) is 5.11 Å². The Labute approximate surface area is 136 Å². The summed E-state index contributed by atoms with van der Waals surface area (Å²) in [6.45, 7) is 7.42. The summed E-state index contributed by atoms with van der Waals surface area (Å²) in [5, 5.41) is 12.3. The van der Waals surface area contributed by atoms with Crippen molar-refractivity contribution in [3.63, 3.8) is 0 Å². The lowest BCUT2D eigenvalue weighted by molar-refractivity contribution is 0.479.